The van der Waals surface area contributed by atoms with Gasteiger partial charge < -0.3 is 9.47 Å². The molecular weight excluding hydrogens is 288 g/mol. The zero-order chi connectivity index (χ0) is 16.0. The molecule has 3 heteroatoms. The van der Waals surface area contributed by atoms with Crippen LogP contribution in [0.4, 0.5) is 0 Å². The Balaban J connectivity index is 1.69. The predicted molar refractivity (Wildman–Crippen MR) is 88.8 cm³/mol. The number of carbonyl (C=O) groups excluding carboxylic acids is 1. The minimum atomic E-state index is 0.124. The number of hydrogen-bond donors (Lipinski definition) is 0. The molecule has 0 unspecified atom stereocenters. The lowest BCUT2D eigenvalue weighted by molar-refractivity contribution is -0.114. The number of carbonyl (C=O) groups is 1. The molecule has 1 saturated carbocycles. The van der Waals surface area contributed by atoms with Gasteiger partial charge in [0.1, 0.15) is 6.79 Å². The van der Waals surface area contributed by atoms with Crippen molar-refractivity contribution < 1.29 is 14.3 Å². The van der Waals surface area contributed by atoms with Crippen LogP contribution in [0.2, 0.25) is 0 Å². The minimum absolute atomic E-state index is 0.124. The van der Waals surface area contributed by atoms with E-state index in [0.717, 1.165) is 19.3 Å². The van der Waals surface area contributed by atoms with Crippen LogP contribution in [0.1, 0.15) is 45.4 Å². The van der Waals surface area contributed by atoms with Crippen LogP contribution in [0, 0.1) is 17.3 Å². The number of methoxy groups -OCH3 is 1. The molecule has 0 aliphatic heterocycles. The van der Waals surface area contributed by atoms with E-state index in [2.05, 4.69) is 19.1 Å². The van der Waals surface area contributed by atoms with Crippen molar-refractivity contribution in [3.05, 3.63) is 34.9 Å². The first-order chi connectivity index (χ1) is 11.1. The molecule has 23 heavy (non-hydrogen) atoms. The normalized spacial score (nSPS) is 39.0. The van der Waals surface area contributed by atoms with Gasteiger partial charge in [0.15, 0.2) is 5.78 Å². The second kappa shape index (κ2) is 5.71. The van der Waals surface area contributed by atoms with Gasteiger partial charge in [0.25, 0.3) is 0 Å². The highest BCUT2D eigenvalue weighted by Crippen LogP contribution is 2.57. The monoisotopic (exact) mass is 314 g/mol. The van der Waals surface area contributed by atoms with Crippen molar-refractivity contribution in [1.82, 2.24) is 0 Å². The number of fused-ring (bicyclic) bond motifs is 4. The van der Waals surface area contributed by atoms with Crippen LogP contribution in [0.25, 0.3) is 0 Å². The summed E-state index contributed by atoms with van der Waals surface area (Å²) < 4.78 is 11.1. The lowest BCUT2D eigenvalue weighted by Gasteiger charge is -2.45. The molecule has 0 bridgehead atoms. The molecule has 4 rings (SSSR count). The molecule has 3 nitrogen and oxygen atoms in total. The molecule has 0 amide bonds. The summed E-state index contributed by atoms with van der Waals surface area (Å²) in [6, 6.07) is 0. The molecule has 0 aromatic rings. The minimum Gasteiger partial charge on any atom is -0.359 e. The lowest BCUT2D eigenvalue weighted by atomic mass is 9.60. The third-order valence-corrected chi connectivity index (χ3v) is 6.54. The van der Waals surface area contributed by atoms with Crippen LogP contribution in [0.3, 0.4) is 0 Å². The third-order valence-electron chi connectivity index (χ3n) is 6.54. The number of ether oxygens (including phenoxy) is 2. The van der Waals surface area contributed by atoms with Gasteiger partial charge in [0.05, 0.1) is 6.10 Å². The van der Waals surface area contributed by atoms with E-state index in [0.29, 0.717) is 30.8 Å². The quantitative estimate of drug-likeness (QED) is 0.740. The molecule has 124 valence electrons. The second-order valence-electron chi connectivity index (χ2n) is 7.66. The van der Waals surface area contributed by atoms with Crippen molar-refractivity contribution in [2.24, 2.45) is 17.3 Å². The highest BCUT2D eigenvalue weighted by Gasteiger charge is 2.52. The van der Waals surface area contributed by atoms with Crippen molar-refractivity contribution in [3.8, 4) is 0 Å². The molecule has 0 saturated heterocycles. The van der Waals surface area contributed by atoms with E-state index in [1.165, 1.54) is 29.6 Å². The van der Waals surface area contributed by atoms with Gasteiger partial charge in [-0.05, 0) is 66.7 Å². The summed E-state index contributed by atoms with van der Waals surface area (Å²) in [5.74, 6) is 1.61. The molecule has 0 radical (unpaired) electrons. The highest BCUT2D eigenvalue weighted by atomic mass is 16.7. The maximum Gasteiger partial charge on any atom is 0.156 e. The molecular formula is C20H26O3. The van der Waals surface area contributed by atoms with Gasteiger partial charge in [-0.15, -0.1) is 0 Å². The fourth-order valence-electron chi connectivity index (χ4n) is 5.39. The Morgan fingerprint density at radius 2 is 2.09 bits per heavy atom. The zero-order valence-electron chi connectivity index (χ0n) is 14.1. The van der Waals surface area contributed by atoms with Gasteiger partial charge in [0.2, 0.25) is 0 Å². The summed E-state index contributed by atoms with van der Waals surface area (Å²) in [4.78, 5) is 11.7. The van der Waals surface area contributed by atoms with Gasteiger partial charge in [0, 0.05) is 18.9 Å². The fraction of sp³-hybridized carbons (Fsp3) is 0.650. The van der Waals surface area contributed by atoms with Gasteiger partial charge in [-0.25, -0.2) is 0 Å². The first-order valence-corrected chi connectivity index (χ1v) is 8.90. The van der Waals surface area contributed by atoms with E-state index in [-0.39, 0.29) is 11.5 Å². The Bertz CT molecular complexity index is 612. The van der Waals surface area contributed by atoms with Gasteiger partial charge in [-0.3, -0.25) is 4.79 Å². The second-order valence-corrected chi connectivity index (χ2v) is 7.66. The van der Waals surface area contributed by atoms with E-state index >= 15 is 0 Å². The molecule has 0 N–H and O–H groups in total. The maximum atomic E-state index is 11.7. The molecule has 0 spiro atoms. The number of allylic oxidation sites excluding steroid dienone is 5. The van der Waals surface area contributed by atoms with Crippen molar-refractivity contribution in [1.29, 1.82) is 0 Å². The van der Waals surface area contributed by atoms with Gasteiger partial charge >= 0.3 is 0 Å². The van der Waals surface area contributed by atoms with E-state index < -0.39 is 0 Å². The SMILES string of the molecule is COCO[C@@H]1CC[C@@H]2[C@H]3CCC4=CC(=O)CCC4=C3C=C[C@]21C. The van der Waals surface area contributed by atoms with Crippen molar-refractivity contribution in [2.45, 2.75) is 51.6 Å². The first kappa shape index (κ1) is 15.3. The Kier molecular flexibility index (Phi) is 3.81. The van der Waals surface area contributed by atoms with Gasteiger partial charge in [-0.1, -0.05) is 19.1 Å². The fourth-order valence-corrected chi connectivity index (χ4v) is 5.39. The Labute approximate surface area is 138 Å². The van der Waals surface area contributed by atoms with E-state index in [1.54, 1.807) is 7.11 Å². The largest absolute Gasteiger partial charge is 0.359 e. The Morgan fingerprint density at radius 1 is 1.22 bits per heavy atom. The van der Waals surface area contributed by atoms with Crippen molar-refractivity contribution in [2.75, 3.05) is 13.9 Å². The Hall–Kier alpha value is -1.19. The molecule has 1 fully saturated rings. The topological polar surface area (TPSA) is 35.5 Å². The summed E-state index contributed by atoms with van der Waals surface area (Å²) in [6.07, 6.45) is 13.1. The summed E-state index contributed by atoms with van der Waals surface area (Å²) in [6.45, 7) is 2.74. The summed E-state index contributed by atoms with van der Waals surface area (Å²) >= 11 is 0. The van der Waals surface area contributed by atoms with Crippen LogP contribution < -0.4 is 0 Å². The molecule has 4 aliphatic rings. The van der Waals surface area contributed by atoms with Gasteiger partial charge in [-0.2, -0.15) is 0 Å². The van der Waals surface area contributed by atoms with Crippen LogP contribution in [0.5, 0.6) is 0 Å². The van der Waals surface area contributed by atoms with E-state index in [9.17, 15) is 4.79 Å². The average molecular weight is 314 g/mol. The maximum absolute atomic E-state index is 11.7. The standard InChI is InChI=1S/C20H26O3/c1-20-10-9-16-15-6-4-14(21)11-13(15)3-5-17(16)18(20)7-8-19(20)23-12-22-2/h9-11,17-19H,3-8,12H2,1-2H3/t17-,18+,19+,20+/m0/s1. The number of rotatable bonds is 3. The lowest BCUT2D eigenvalue weighted by Crippen LogP contribution is -2.40. The Morgan fingerprint density at radius 3 is 2.91 bits per heavy atom. The van der Waals surface area contributed by atoms with Crippen molar-refractivity contribution >= 4 is 5.78 Å². The van der Waals surface area contributed by atoms with Crippen LogP contribution in [-0.4, -0.2) is 25.8 Å². The predicted octanol–water partition coefficient (Wildman–Crippen LogP) is 3.96. The van der Waals surface area contributed by atoms with Crippen molar-refractivity contribution in [3.63, 3.8) is 0 Å². The van der Waals surface area contributed by atoms with Crippen LogP contribution in [-0.2, 0) is 14.3 Å². The van der Waals surface area contributed by atoms with E-state index in [4.69, 9.17) is 9.47 Å². The summed E-state index contributed by atoms with van der Waals surface area (Å²) in [5.41, 5.74) is 4.43. The van der Waals surface area contributed by atoms with E-state index in [1.807, 2.05) is 6.08 Å². The summed E-state index contributed by atoms with van der Waals surface area (Å²) in [7, 11) is 1.69. The third kappa shape index (κ3) is 2.36. The highest BCUT2D eigenvalue weighted by molar-refractivity contribution is 5.93. The van der Waals surface area contributed by atoms with Crippen LogP contribution >= 0.6 is 0 Å². The number of ketones is 1. The number of hydrogen-bond acceptors (Lipinski definition) is 3. The van der Waals surface area contributed by atoms with Crippen LogP contribution in [0.15, 0.2) is 34.9 Å². The molecule has 4 aliphatic carbocycles. The first-order valence-electron chi connectivity index (χ1n) is 8.90. The smallest absolute Gasteiger partial charge is 0.156 e. The molecule has 0 heterocycles. The molecule has 0 aromatic carbocycles. The average Bonchev–Trinajstić information content (AvgIpc) is 2.89. The molecule has 4 atom stereocenters. The summed E-state index contributed by atoms with van der Waals surface area (Å²) in [5, 5.41) is 0. The zero-order valence-corrected chi connectivity index (χ0v) is 14.1. The molecule has 0 aromatic heterocycles.